The Morgan fingerprint density at radius 1 is 1.07 bits per heavy atom. The summed E-state index contributed by atoms with van der Waals surface area (Å²) in [5.41, 5.74) is 7.53. The van der Waals surface area contributed by atoms with Gasteiger partial charge in [-0.05, 0) is 91.4 Å². The zero-order valence-corrected chi connectivity index (χ0v) is 28.4. The van der Waals surface area contributed by atoms with E-state index in [2.05, 4.69) is 67.6 Å². The molecule has 0 saturated carbocycles. The molecule has 0 bridgehead atoms. The molecule has 2 heterocycles. The van der Waals surface area contributed by atoms with E-state index in [1.807, 2.05) is 38.1 Å². The van der Waals surface area contributed by atoms with Crippen LogP contribution in [0.5, 0.6) is 5.75 Å². The molecule has 0 fully saturated rings. The zero-order chi connectivity index (χ0) is 30.3. The SMILES string of the molecule is CC(C)Oc1ccc(C(O)c2c(C(C)C)nc3c(c2C2=CCOCC2)[C@@H](O[Si](C)(C)C(C)(C)C)CC(C)(C)C3)cc1. The number of aliphatic hydroxyl groups excluding tert-OH is 1. The van der Waals surface area contributed by atoms with Crippen molar-refractivity contribution in [2.75, 3.05) is 13.2 Å². The molecule has 0 amide bonds. The molecule has 1 unspecified atom stereocenters. The first kappa shape index (κ1) is 31.9. The topological polar surface area (TPSA) is 60.8 Å². The van der Waals surface area contributed by atoms with E-state index in [0.29, 0.717) is 13.2 Å². The lowest BCUT2D eigenvalue weighted by Crippen LogP contribution is -2.44. The van der Waals surface area contributed by atoms with Gasteiger partial charge in [-0.25, -0.2) is 0 Å². The minimum Gasteiger partial charge on any atom is -0.491 e. The molecule has 1 aromatic heterocycles. The van der Waals surface area contributed by atoms with Crippen LogP contribution >= 0.6 is 0 Å². The predicted molar refractivity (Wildman–Crippen MR) is 171 cm³/mol. The molecule has 41 heavy (non-hydrogen) atoms. The average Bonchev–Trinajstić information content (AvgIpc) is 2.86. The molecule has 1 aliphatic heterocycles. The Kier molecular flexibility index (Phi) is 9.30. The molecule has 5 nitrogen and oxygen atoms in total. The van der Waals surface area contributed by atoms with Crippen LogP contribution in [-0.2, 0) is 15.6 Å². The van der Waals surface area contributed by atoms with Crippen LogP contribution in [-0.4, -0.2) is 37.7 Å². The van der Waals surface area contributed by atoms with Gasteiger partial charge in [0.25, 0.3) is 0 Å². The van der Waals surface area contributed by atoms with E-state index >= 15 is 0 Å². The van der Waals surface area contributed by atoms with E-state index in [1.165, 1.54) is 11.1 Å². The number of aromatic nitrogens is 1. The maximum Gasteiger partial charge on any atom is 0.192 e. The van der Waals surface area contributed by atoms with Crippen molar-refractivity contribution in [2.24, 2.45) is 5.41 Å². The van der Waals surface area contributed by atoms with Crippen LogP contribution < -0.4 is 4.74 Å². The highest BCUT2D eigenvalue weighted by Gasteiger charge is 2.45. The number of ether oxygens (including phenoxy) is 2. The second-order valence-corrected chi connectivity index (χ2v) is 19.7. The highest BCUT2D eigenvalue weighted by atomic mass is 28.4. The third kappa shape index (κ3) is 6.98. The van der Waals surface area contributed by atoms with Crippen molar-refractivity contribution >= 4 is 13.9 Å². The standard InChI is InChI=1S/C35H53NO4Si/c1-22(2)32-31(33(37)25-12-14-26(15-13-25)39-23(3)4)29(24-16-18-38-19-17-24)30-27(36-32)20-35(8,9)21-28(30)40-41(10,11)34(5,6)7/h12-16,22-23,28,33,37H,17-21H2,1-11H3/t28-,33?/m0/s1. The van der Waals surface area contributed by atoms with Crippen molar-refractivity contribution in [1.29, 1.82) is 0 Å². The highest BCUT2D eigenvalue weighted by molar-refractivity contribution is 6.74. The first-order valence-electron chi connectivity index (χ1n) is 15.5. The largest absolute Gasteiger partial charge is 0.491 e. The van der Waals surface area contributed by atoms with Gasteiger partial charge in [0.1, 0.15) is 11.9 Å². The lowest BCUT2D eigenvalue weighted by molar-refractivity contribution is 0.105. The fraction of sp³-hybridized carbons (Fsp3) is 0.629. The van der Waals surface area contributed by atoms with Gasteiger partial charge < -0.3 is 19.0 Å². The molecule has 0 saturated heterocycles. The molecular weight excluding hydrogens is 526 g/mol. The van der Waals surface area contributed by atoms with Crippen LogP contribution in [0, 0.1) is 5.41 Å². The first-order chi connectivity index (χ1) is 19.0. The number of hydrogen-bond acceptors (Lipinski definition) is 5. The number of hydrogen-bond donors (Lipinski definition) is 1. The Bertz CT molecular complexity index is 1250. The van der Waals surface area contributed by atoms with Gasteiger partial charge in [-0.15, -0.1) is 0 Å². The highest BCUT2D eigenvalue weighted by Crippen LogP contribution is 2.51. The van der Waals surface area contributed by atoms with Gasteiger partial charge in [0.05, 0.1) is 25.4 Å². The molecule has 1 N–H and O–H groups in total. The summed E-state index contributed by atoms with van der Waals surface area (Å²) in [5.74, 6) is 0.957. The minimum absolute atomic E-state index is 0.0645. The molecule has 226 valence electrons. The normalized spacial score (nSPS) is 20.1. The quantitative estimate of drug-likeness (QED) is 0.316. The summed E-state index contributed by atoms with van der Waals surface area (Å²) in [6.45, 7) is 25.9. The number of benzene rings is 1. The molecule has 4 rings (SSSR count). The Hall–Kier alpha value is -1.99. The van der Waals surface area contributed by atoms with Gasteiger partial charge >= 0.3 is 0 Å². The van der Waals surface area contributed by atoms with Crippen molar-refractivity contribution in [2.45, 2.75) is 124 Å². The molecule has 0 radical (unpaired) electrons. The smallest absolute Gasteiger partial charge is 0.192 e. The van der Waals surface area contributed by atoms with Crippen LogP contribution in [0.2, 0.25) is 18.1 Å². The number of fused-ring (bicyclic) bond motifs is 1. The van der Waals surface area contributed by atoms with Crippen molar-refractivity contribution in [3.63, 3.8) is 0 Å². The van der Waals surface area contributed by atoms with Gasteiger partial charge in [-0.3, -0.25) is 4.98 Å². The van der Waals surface area contributed by atoms with Crippen LogP contribution in [0.3, 0.4) is 0 Å². The summed E-state index contributed by atoms with van der Waals surface area (Å²) in [6, 6.07) is 7.89. The van der Waals surface area contributed by atoms with Gasteiger partial charge in [-0.2, -0.15) is 0 Å². The van der Waals surface area contributed by atoms with Crippen molar-refractivity contribution in [3.8, 4) is 5.75 Å². The molecule has 1 aromatic carbocycles. The van der Waals surface area contributed by atoms with Crippen LogP contribution in [0.15, 0.2) is 30.3 Å². The summed E-state index contributed by atoms with van der Waals surface area (Å²) in [5, 5.41) is 12.3. The van der Waals surface area contributed by atoms with Crippen molar-refractivity contribution < 1.29 is 19.0 Å². The van der Waals surface area contributed by atoms with E-state index in [-0.39, 0.29) is 28.6 Å². The maximum atomic E-state index is 12.2. The van der Waals surface area contributed by atoms with Crippen LogP contribution in [0.4, 0.5) is 0 Å². The summed E-state index contributed by atoms with van der Waals surface area (Å²) in [4.78, 5) is 5.40. The Labute approximate surface area is 249 Å². The second-order valence-electron chi connectivity index (χ2n) is 14.9. The third-order valence-electron chi connectivity index (χ3n) is 9.00. The minimum atomic E-state index is -2.11. The average molecular weight is 580 g/mol. The van der Waals surface area contributed by atoms with E-state index in [9.17, 15) is 5.11 Å². The second kappa shape index (κ2) is 11.9. The molecule has 2 aliphatic rings. The summed E-state index contributed by atoms with van der Waals surface area (Å²) in [6.07, 6.45) is 4.05. The number of nitrogens with zero attached hydrogens (tertiary/aromatic N) is 1. The fourth-order valence-corrected chi connectivity index (χ4v) is 7.18. The van der Waals surface area contributed by atoms with Crippen molar-refractivity contribution in [3.05, 3.63) is 64.0 Å². The Balaban J connectivity index is 1.98. The summed E-state index contributed by atoms with van der Waals surface area (Å²) in [7, 11) is -2.11. The zero-order valence-electron chi connectivity index (χ0n) is 27.4. The monoisotopic (exact) mass is 579 g/mol. The fourth-order valence-electron chi connectivity index (χ4n) is 5.91. The van der Waals surface area contributed by atoms with Crippen LogP contribution in [0.25, 0.3) is 5.57 Å². The Morgan fingerprint density at radius 2 is 1.73 bits per heavy atom. The van der Waals surface area contributed by atoms with E-state index in [4.69, 9.17) is 18.9 Å². The molecule has 2 atom stereocenters. The van der Waals surface area contributed by atoms with Crippen LogP contribution in [0.1, 0.15) is 127 Å². The summed E-state index contributed by atoms with van der Waals surface area (Å²) >= 11 is 0. The molecule has 1 aliphatic carbocycles. The lowest BCUT2D eigenvalue weighted by atomic mass is 9.71. The molecular formula is C35H53NO4Si. The first-order valence-corrected chi connectivity index (χ1v) is 18.4. The third-order valence-corrected chi connectivity index (χ3v) is 13.5. The molecule has 2 aromatic rings. The predicted octanol–water partition coefficient (Wildman–Crippen LogP) is 8.91. The molecule has 6 heteroatoms. The van der Waals surface area contributed by atoms with Gasteiger partial charge in [0.2, 0.25) is 0 Å². The van der Waals surface area contributed by atoms with Gasteiger partial charge in [0.15, 0.2) is 8.32 Å². The van der Waals surface area contributed by atoms with Gasteiger partial charge in [0, 0.05) is 22.5 Å². The number of aliphatic hydroxyl groups is 1. The Morgan fingerprint density at radius 3 is 2.27 bits per heavy atom. The van der Waals surface area contributed by atoms with Gasteiger partial charge in [-0.1, -0.05) is 66.7 Å². The molecule has 0 spiro atoms. The van der Waals surface area contributed by atoms with E-state index in [0.717, 1.165) is 53.1 Å². The van der Waals surface area contributed by atoms with E-state index < -0.39 is 14.4 Å². The maximum absolute atomic E-state index is 12.2. The lowest BCUT2D eigenvalue weighted by Gasteiger charge is -2.45. The van der Waals surface area contributed by atoms with Crippen molar-refractivity contribution in [1.82, 2.24) is 4.98 Å². The van der Waals surface area contributed by atoms with E-state index in [1.54, 1.807) is 0 Å². The number of pyridine rings is 1. The number of rotatable bonds is 8. The summed E-state index contributed by atoms with van der Waals surface area (Å²) < 4.78 is 18.9.